The number of amides is 1. The van der Waals surface area contributed by atoms with Crippen molar-refractivity contribution in [1.82, 2.24) is 10.3 Å². The van der Waals surface area contributed by atoms with E-state index in [1.807, 2.05) is 19.1 Å². The predicted molar refractivity (Wildman–Crippen MR) is 81.8 cm³/mol. The Morgan fingerprint density at radius 1 is 1.60 bits per heavy atom. The number of thiophene rings is 1. The number of nitrogens with zero attached hydrogens (tertiary/aromatic N) is 1. The number of carbonyl (C=O) groups is 1. The van der Waals surface area contributed by atoms with Crippen molar-refractivity contribution in [2.45, 2.75) is 19.8 Å². The van der Waals surface area contributed by atoms with Gasteiger partial charge in [0.2, 0.25) is 0 Å². The van der Waals surface area contributed by atoms with Crippen molar-refractivity contribution in [3.63, 3.8) is 0 Å². The molecule has 1 unspecified atom stereocenters. The Labute approximate surface area is 121 Å². The fraction of sp³-hybridized carbons (Fsp3) is 0.429. The van der Waals surface area contributed by atoms with Crippen LogP contribution in [0.2, 0.25) is 0 Å². The molecule has 2 heterocycles. The summed E-state index contributed by atoms with van der Waals surface area (Å²) in [7, 11) is 0. The molecule has 5 nitrogen and oxygen atoms in total. The molecule has 0 aliphatic carbocycles. The molecule has 108 valence electrons. The zero-order valence-electron chi connectivity index (χ0n) is 11.4. The number of aliphatic hydroxyl groups is 1. The number of hydrogen-bond acceptors (Lipinski definition) is 5. The summed E-state index contributed by atoms with van der Waals surface area (Å²) in [4.78, 5) is 17.7. The van der Waals surface area contributed by atoms with Crippen molar-refractivity contribution in [2.75, 3.05) is 18.9 Å². The zero-order chi connectivity index (χ0) is 14.5. The van der Waals surface area contributed by atoms with Crippen LogP contribution in [-0.4, -0.2) is 29.1 Å². The molecule has 20 heavy (non-hydrogen) atoms. The summed E-state index contributed by atoms with van der Waals surface area (Å²) in [5, 5.41) is 12.7. The molecule has 0 aliphatic heterocycles. The number of rotatable bonds is 6. The second-order valence-corrected chi connectivity index (χ2v) is 5.70. The molecule has 0 radical (unpaired) electrons. The molecule has 4 N–H and O–H groups in total. The lowest BCUT2D eigenvalue weighted by atomic mass is 10.0. The van der Waals surface area contributed by atoms with E-state index in [1.165, 1.54) is 11.3 Å². The van der Waals surface area contributed by atoms with Crippen molar-refractivity contribution in [3.05, 3.63) is 23.2 Å². The number of hydrogen-bond donors (Lipinski definition) is 3. The molecule has 1 amide bonds. The molecule has 0 aromatic carbocycles. The number of nitrogens with two attached hydrogens (primary N) is 1. The molecule has 0 spiro atoms. The van der Waals surface area contributed by atoms with Crippen LogP contribution in [0.15, 0.2) is 18.3 Å². The van der Waals surface area contributed by atoms with Crippen LogP contribution in [0.4, 0.5) is 5.69 Å². The van der Waals surface area contributed by atoms with Gasteiger partial charge in [0, 0.05) is 24.7 Å². The fourth-order valence-electron chi connectivity index (χ4n) is 2.07. The van der Waals surface area contributed by atoms with Gasteiger partial charge in [0.1, 0.15) is 9.71 Å². The van der Waals surface area contributed by atoms with E-state index in [-0.39, 0.29) is 18.4 Å². The van der Waals surface area contributed by atoms with Crippen LogP contribution in [-0.2, 0) is 0 Å². The third-order valence-corrected chi connectivity index (χ3v) is 4.51. The van der Waals surface area contributed by atoms with Crippen molar-refractivity contribution >= 4 is 33.1 Å². The molecular weight excluding hydrogens is 274 g/mol. The Bertz CT molecular complexity index is 597. The minimum absolute atomic E-state index is 0.142. The number of nitrogen functional groups attached to an aromatic ring is 1. The van der Waals surface area contributed by atoms with Gasteiger partial charge in [-0.3, -0.25) is 4.79 Å². The van der Waals surface area contributed by atoms with E-state index in [0.717, 1.165) is 16.6 Å². The van der Waals surface area contributed by atoms with E-state index in [4.69, 9.17) is 10.8 Å². The maximum absolute atomic E-state index is 12.2. The SMILES string of the molecule is CCC(CCO)CNC(=O)c1sc2ncccc2c1N. The van der Waals surface area contributed by atoms with E-state index >= 15 is 0 Å². The van der Waals surface area contributed by atoms with Crippen LogP contribution in [0.5, 0.6) is 0 Å². The number of nitrogens with one attached hydrogen (secondary N) is 1. The second kappa shape index (κ2) is 6.67. The largest absolute Gasteiger partial charge is 0.397 e. The van der Waals surface area contributed by atoms with Gasteiger partial charge in [-0.2, -0.15) is 0 Å². The van der Waals surface area contributed by atoms with Crippen LogP contribution in [0, 0.1) is 5.92 Å². The van der Waals surface area contributed by atoms with Gasteiger partial charge in [-0.05, 0) is 24.5 Å². The van der Waals surface area contributed by atoms with Crippen molar-refractivity contribution in [1.29, 1.82) is 0 Å². The molecular formula is C14H19N3O2S. The minimum Gasteiger partial charge on any atom is -0.397 e. The van der Waals surface area contributed by atoms with Crippen LogP contribution in [0.1, 0.15) is 29.4 Å². The van der Waals surface area contributed by atoms with E-state index in [0.29, 0.717) is 23.5 Å². The summed E-state index contributed by atoms with van der Waals surface area (Å²) in [6, 6.07) is 3.67. The van der Waals surface area contributed by atoms with Gasteiger partial charge in [0.05, 0.1) is 5.69 Å². The van der Waals surface area contributed by atoms with Gasteiger partial charge in [0.15, 0.2) is 0 Å². The quantitative estimate of drug-likeness (QED) is 0.760. The lowest BCUT2D eigenvalue weighted by Crippen LogP contribution is -2.29. The summed E-state index contributed by atoms with van der Waals surface area (Å²) in [5.74, 6) is 0.125. The van der Waals surface area contributed by atoms with Gasteiger partial charge in [-0.25, -0.2) is 4.98 Å². The average Bonchev–Trinajstić information content (AvgIpc) is 2.81. The van der Waals surface area contributed by atoms with Gasteiger partial charge in [0.25, 0.3) is 5.91 Å². The molecule has 2 aromatic rings. The maximum Gasteiger partial charge on any atom is 0.263 e. The van der Waals surface area contributed by atoms with Gasteiger partial charge in [-0.15, -0.1) is 11.3 Å². The molecule has 6 heteroatoms. The molecule has 0 aliphatic rings. The predicted octanol–water partition coefficient (Wildman–Crippen LogP) is 2.02. The first kappa shape index (κ1) is 14.7. The first-order valence-electron chi connectivity index (χ1n) is 6.69. The summed E-state index contributed by atoms with van der Waals surface area (Å²) in [5.41, 5.74) is 6.50. The van der Waals surface area contributed by atoms with Crippen molar-refractivity contribution < 1.29 is 9.90 Å². The number of pyridine rings is 1. The van der Waals surface area contributed by atoms with Crippen LogP contribution >= 0.6 is 11.3 Å². The third-order valence-electron chi connectivity index (χ3n) is 3.38. The van der Waals surface area contributed by atoms with Crippen molar-refractivity contribution in [2.24, 2.45) is 5.92 Å². The lowest BCUT2D eigenvalue weighted by Gasteiger charge is -2.13. The maximum atomic E-state index is 12.2. The van der Waals surface area contributed by atoms with E-state index in [9.17, 15) is 4.79 Å². The normalized spacial score (nSPS) is 12.5. The number of aromatic nitrogens is 1. The summed E-state index contributed by atoms with van der Waals surface area (Å²) in [6.45, 7) is 2.74. The zero-order valence-corrected chi connectivity index (χ0v) is 12.2. The second-order valence-electron chi connectivity index (χ2n) is 4.70. The number of carbonyl (C=O) groups excluding carboxylic acids is 1. The van der Waals surface area contributed by atoms with Gasteiger partial charge < -0.3 is 16.2 Å². The lowest BCUT2D eigenvalue weighted by molar-refractivity contribution is 0.0948. The highest BCUT2D eigenvalue weighted by Gasteiger charge is 2.17. The molecule has 0 saturated carbocycles. The van der Waals surface area contributed by atoms with E-state index < -0.39 is 0 Å². The van der Waals surface area contributed by atoms with Crippen LogP contribution < -0.4 is 11.1 Å². The van der Waals surface area contributed by atoms with Crippen molar-refractivity contribution in [3.8, 4) is 0 Å². The highest BCUT2D eigenvalue weighted by atomic mass is 32.1. The van der Waals surface area contributed by atoms with E-state index in [2.05, 4.69) is 10.3 Å². The summed E-state index contributed by atoms with van der Waals surface area (Å²) >= 11 is 1.31. The molecule has 1 atom stereocenters. The first-order chi connectivity index (χ1) is 9.67. The Hall–Kier alpha value is -1.66. The molecule has 0 saturated heterocycles. The van der Waals surface area contributed by atoms with E-state index in [1.54, 1.807) is 6.20 Å². The molecule has 0 fully saturated rings. The topological polar surface area (TPSA) is 88.2 Å². The van der Waals surface area contributed by atoms with Crippen LogP contribution in [0.3, 0.4) is 0 Å². The highest BCUT2D eigenvalue weighted by molar-refractivity contribution is 7.21. The van der Waals surface area contributed by atoms with Crippen LogP contribution in [0.25, 0.3) is 10.2 Å². The smallest absolute Gasteiger partial charge is 0.263 e. The van der Waals surface area contributed by atoms with Gasteiger partial charge >= 0.3 is 0 Å². The molecule has 2 rings (SSSR count). The average molecular weight is 293 g/mol. The summed E-state index contributed by atoms with van der Waals surface area (Å²) in [6.07, 6.45) is 3.30. The Morgan fingerprint density at radius 2 is 2.40 bits per heavy atom. The number of anilines is 1. The summed E-state index contributed by atoms with van der Waals surface area (Å²) < 4.78 is 0. The highest BCUT2D eigenvalue weighted by Crippen LogP contribution is 2.31. The number of fused-ring (bicyclic) bond motifs is 1. The monoisotopic (exact) mass is 293 g/mol. The molecule has 0 bridgehead atoms. The Kier molecular flexibility index (Phi) is 4.92. The fourth-order valence-corrected chi connectivity index (χ4v) is 3.05. The Balaban J connectivity index is 2.09. The Morgan fingerprint density at radius 3 is 3.05 bits per heavy atom. The molecule has 2 aromatic heterocycles. The standard InChI is InChI=1S/C14H19N3O2S/c1-2-9(5-7-18)8-17-13(19)12-11(15)10-4-3-6-16-14(10)20-12/h3-4,6,9,18H,2,5,7-8,15H2,1H3,(H,17,19). The minimum atomic E-state index is -0.165. The third kappa shape index (κ3) is 3.08. The first-order valence-corrected chi connectivity index (χ1v) is 7.51. The van der Waals surface area contributed by atoms with Gasteiger partial charge in [-0.1, -0.05) is 13.3 Å². The number of aliphatic hydroxyl groups excluding tert-OH is 1.